The molecule has 5 heteroatoms. The first kappa shape index (κ1) is 23.5. The first-order chi connectivity index (χ1) is 17.8. The topological polar surface area (TPSA) is 41.9 Å². The standard InChI is InChI=1S/C32H27ClN2O2/c1-31(2)20-32(3,21-12-14-22(33)15-13-21)27-11-7-10-26-28(30(36)35(31)29(26)27)34-23-16-18-25(19-17-23)37-24-8-5-4-6-9-24/h4-19H,20H2,1-3H3. The summed E-state index contributed by atoms with van der Waals surface area (Å²) >= 11 is 6.20. The van der Waals surface area contributed by atoms with Crippen LogP contribution in [0.25, 0.3) is 0 Å². The molecule has 1 amide bonds. The molecule has 4 nitrogen and oxygen atoms in total. The third-order valence-electron chi connectivity index (χ3n) is 7.44. The van der Waals surface area contributed by atoms with E-state index < -0.39 is 5.54 Å². The Morgan fingerprint density at radius 1 is 0.811 bits per heavy atom. The van der Waals surface area contributed by atoms with Gasteiger partial charge in [-0.2, -0.15) is 0 Å². The molecule has 4 aromatic carbocycles. The van der Waals surface area contributed by atoms with Crippen molar-refractivity contribution in [1.29, 1.82) is 0 Å². The monoisotopic (exact) mass is 506 g/mol. The molecule has 0 aromatic heterocycles. The molecule has 184 valence electrons. The van der Waals surface area contributed by atoms with Gasteiger partial charge in [-0.1, -0.05) is 67.1 Å². The molecule has 37 heavy (non-hydrogen) atoms. The Labute approximate surface area is 222 Å². The molecular formula is C32H27ClN2O2. The van der Waals surface area contributed by atoms with Crippen LogP contribution in [-0.4, -0.2) is 17.2 Å². The third kappa shape index (κ3) is 3.93. The molecule has 0 N–H and O–H groups in total. The molecule has 0 radical (unpaired) electrons. The third-order valence-corrected chi connectivity index (χ3v) is 7.70. The number of halogens is 1. The van der Waals surface area contributed by atoms with Gasteiger partial charge in [-0.3, -0.25) is 4.79 Å². The fourth-order valence-corrected chi connectivity index (χ4v) is 6.01. The predicted octanol–water partition coefficient (Wildman–Crippen LogP) is 8.09. The molecule has 0 saturated carbocycles. The van der Waals surface area contributed by atoms with Gasteiger partial charge in [0.2, 0.25) is 0 Å². The van der Waals surface area contributed by atoms with E-state index in [1.807, 2.05) is 83.8 Å². The zero-order valence-electron chi connectivity index (χ0n) is 21.0. The van der Waals surface area contributed by atoms with E-state index in [1.165, 1.54) is 5.56 Å². The molecule has 2 aliphatic heterocycles. The van der Waals surface area contributed by atoms with Crippen LogP contribution < -0.4 is 9.64 Å². The maximum Gasteiger partial charge on any atom is 0.278 e. The Kier molecular flexibility index (Phi) is 5.46. The van der Waals surface area contributed by atoms with E-state index in [1.54, 1.807) is 0 Å². The van der Waals surface area contributed by atoms with E-state index in [0.717, 1.165) is 34.7 Å². The van der Waals surface area contributed by atoms with Crippen molar-refractivity contribution >= 4 is 34.6 Å². The highest BCUT2D eigenvalue weighted by Gasteiger charge is 2.53. The van der Waals surface area contributed by atoms with Crippen molar-refractivity contribution in [3.63, 3.8) is 0 Å². The zero-order valence-corrected chi connectivity index (χ0v) is 21.8. The van der Waals surface area contributed by atoms with Crippen molar-refractivity contribution in [1.82, 2.24) is 0 Å². The average Bonchev–Trinajstić information content (AvgIpc) is 3.17. The van der Waals surface area contributed by atoms with Crippen molar-refractivity contribution in [2.45, 2.75) is 38.1 Å². The van der Waals surface area contributed by atoms with Crippen LogP contribution in [0.4, 0.5) is 11.4 Å². The van der Waals surface area contributed by atoms with E-state index in [-0.39, 0.29) is 11.3 Å². The van der Waals surface area contributed by atoms with Crippen LogP contribution in [0.1, 0.15) is 43.9 Å². The van der Waals surface area contributed by atoms with Crippen LogP contribution in [0.15, 0.2) is 102 Å². The van der Waals surface area contributed by atoms with E-state index >= 15 is 0 Å². The lowest BCUT2D eigenvalue weighted by molar-refractivity contribution is -0.113. The largest absolute Gasteiger partial charge is 0.457 e. The van der Waals surface area contributed by atoms with E-state index in [0.29, 0.717) is 16.4 Å². The molecule has 0 aliphatic carbocycles. The molecule has 1 unspecified atom stereocenters. The number of aliphatic imine (C=N–C) groups is 1. The number of carbonyl (C=O) groups is 1. The average molecular weight is 507 g/mol. The fourth-order valence-electron chi connectivity index (χ4n) is 5.89. The number of anilines is 1. The summed E-state index contributed by atoms with van der Waals surface area (Å²) in [5, 5.41) is 0.715. The molecule has 6 rings (SSSR count). The quantitative estimate of drug-likeness (QED) is 0.280. The number of benzene rings is 4. The summed E-state index contributed by atoms with van der Waals surface area (Å²) in [5.74, 6) is 1.43. The van der Waals surface area contributed by atoms with Crippen LogP contribution in [-0.2, 0) is 10.2 Å². The van der Waals surface area contributed by atoms with Crippen LogP contribution in [0.3, 0.4) is 0 Å². The Morgan fingerprint density at radius 3 is 2.19 bits per heavy atom. The van der Waals surface area contributed by atoms with Gasteiger partial charge < -0.3 is 9.64 Å². The number of rotatable bonds is 4. The van der Waals surface area contributed by atoms with Crippen molar-refractivity contribution in [3.05, 3.63) is 119 Å². The van der Waals surface area contributed by atoms with Gasteiger partial charge in [0.05, 0.1) is 11.4 Å². The first-order valence-corrected chi connectivity index (χ1v) is 12.8. The van der Waals surface area contributed by atoms with Crippen LogP contribution in [0.2, 0.25) is 5.02 Å². The number of nitrogens with zero attached hydrogens (tertiary/aromatic N) is 2. The van der Waals surface area contributed by atoms with Crippen LogP contribution >= 0.6 is 11.6 Å². The Hall–Kier alpha value is -3.89. The minimum Gasteiger partial charge on any atom is -0.457 e. The predicted molar refractivity (Wildman–Crippen MR) is 150 cm³/mol. The summed E-state index contributed by atoms with van der Waals surface area (Å²) in [6.45, 7) is 6.53. The van der Waals surface area contributed by atoms with Gasteiger partial charge >= 0.3 is 0 Å². The van der Waals surface area contributed by atoms with Gasteiger partial charge in [-0.25, -0.2) is 4.99 Å². The summed E-state index contributed by atoms with van der Waals surface area (Å²) < 4.78 is 5.91. The van der Waals surface area contributed by atoms with Gasteiger partial charge in [0.1, 0.15) is 17.2 Å². The van der Waals surface area contributed by atoms with Gasteiger partial charge in [0.25, 0.3) is 5.91 Å². The molecule has 0 saturated heterocycles. The molecule has 1 atom stereocenters. The van der Waals surface area contributed by atoms with Crippen molar-refractivity contribution < 1.29 is 9.53 Å². The van der Waals surface area contributed by atoms with Gasteiger partial charge in [-0.05, 0) is 79.9 Å². The normalized spacial score (nSPS) is 20.7. The van der Waals surface area contributed by atoms with Gasteiger partial charge in [-0.15, -0.1) is 0 Å². The highest BCUT2D eigenvalue weighted by molar-refractivity contribution is 6.55. The maximum atomic E-state index is 13.9. The Balaban J connectivity index is 1.41. The maximum absolute atomic E-state index is 13.9. The molecular weight excluding hydrogens is 480 g/mol. The fraction of sp³-hybridized carbons (Fsp3) is 0.188. The molecule has 2 aliphatic rings. The zero-order chi connectivity index (χ0) is 25.8. The van der Waals surface area contributed by atoms with Crippen LogP contribution in [0.5, 0.6) is 11.5 Å². The minimum atomic E-state index is -0.404. The molecule has 0 bridgehead atoms. The lowest BCUT2D eigenvalue weighted by Crippen LogP contribution is -2.54. The van der Waals surface area contributed by atoms with Crippen molar-refractivity contribution in [3.8, 4) is 11.5 Å². The highest BCUT2D eigenvalue weighted by Crippen LogP contribution is 2.54. The second-order valence-electron chi connectivity index (χ2n) is 10.5. The Bertz CT molecular complexity index is 1530. The number of para-hydroxylation sites is 2. The van der Waals surface area contributed by atoms with E-state index in [2.05, 4.69) is 39.0 Å². The number of hydrogen-bond donors (Lipinski definition) is 0. The summed E-state index contributed by atoms with van der Waals surface area (Å²) in [6.07, 6.45) is 0.780. The van der Waals surface area contributed by atoms with E-state index in [4.69, 9.17) is 21.3 Å². The van der Waals surface area contributed by atoms with Gasteiger partial charge in [0.15, 0.2) is 0 Å². The second-order valence-corrected chi connectivity index (χ2v) is 11.0. The lowest BCUT2D eigenvalue weighted by Gasteiger charge is -2.49. The SMILES string of the molecule is CC1(c2ccc(Cl)cc2)CC(C)(C)N2C(=O)C(=Nc3ccc(Oc4ccccc4)cc3)c3cccc1c32. The summed E-state index contributed by atoms with van der Waals surface area (Å²) in [7, 11) is 0. The number of amides is 1. The molecule has 0 fully saturated rings. The molecule has 2 heterocycles. The number of carbonyl (C=O) groups excluding carboxylic acids is 1. The number of hydrogen-bond acceptors (Lipinski definition) is 3. The minimum absolute atomic E-state index is 0.0600. The Morgan fingerprint density at radius 2 is 1.49 bits per heavy atom. The summed E-state index contributed by atoms with van der Waals surface area (Å²) in [5.41, 5.74) is 4.66. The first-order valence-electron chi connectivity index (χ1n) is 12.4. The smallest absolute Gasteiger partial charge is 0.278 e. The van der Waals surface area contributed by atoms with E-state index in [9.17, 15) is 4.79 Å². The summed E-state index contributed by atoms with van der Waals surface area (Å²) in [4.78, 5) is 20.6. The second kappa shape index (κ2) is 8.60. The molecule has 4 aromatic rings. The van der Waals surface area contributed by atoms with Crippen LogP contribution in [0, 0.1) is 0 Å². The van der Waals surface area contributed by atoms with Crippen molar-refractivity contribution in [2.75, 3.05) is 4.90 Å². The molecule has 0 spiro atoms. The van der Waals surface area contributed by atoms with Crippen molar-refractivity contribution in [2.24, 2.45) is 4.99 Å². The lowest BCUT2D eigenvalue weighted by atomic mass is 9.65. The van der Waals surface area contributed by atoms with Gasteiger partial charge in [0, 0.05) is 21.5 Å². The highest BCUT2D eigenvalue weighted by atomic mass is 35.5. The summed E-state index contributed by atoms with van der Waals surface area (Å²) in [6, 6.07) is 31.4. The number of ether oxygens (including phenoxy) is 1.